The molecule has 0 aliphatic carbocycles. The predicted octanol–water partition coefficient (Wildman–Crippen LogP) is -1.52. The van der Waals surface area contributed by atoms with Crippen molar-refractivity contribution in [3.8, 4) is 0 Å². The van der Waals surface area contributed by atoms with E-state index in [-0.39, 0.29) is 11.1 Å². The van der Waals surface area contributed by atoms with Crippen molar-refractivity contribution in [3.63, 3.8) is 0 Å². The Kier molecular flexibility index (Phi) is 5.35. The van der Waals surface area contributed by atoms with E-state index in [1.807, 2.05) is 0 Å². The molecule has 0 unspecified atom stereocenters. The molecule has 24 heavy (non-hydrogen) atoms. The number of aliphatic hydroxyl groups excluding tert-OH is 4. The molecule has 0 fully saturated rings. The number of benzene rings is 1. The van der Waals surface area contributed by atoms with Gasteiger partial charge in [0, 0.05) is 11.1 Å². The normalized spacial score (nSPS) is 16.5. The highest BCUT2D eigenvalue weighted by Crippen LogP contribution is 2.25. The van der Waals surface area contributed by atoms with Crippen molar-refractivity contribution in [1.29, 1.82) is 0 Å². The van der Waals surface area contributed by atoms with Gasteiger partial charge in [-0.1, -0.05) is 12.1 Å². The number of H-pyrrole nitrogens is 1. The lowest BCUT2D eigenvalue weighted by Crippen LogP contribution is -2.46. The molecular weight excluding hydrogens is 315 g/mol. The second-order valence-corrected chi connectivity index (χ2v) is 5.74. The molecule has 0 saturated heterocycles. The number of hydrogen-bond donors (Lipinski definition) is 6. The molecule has 0 spiro atoms. The smallest absolute Gasteiger partial charge is 0.251 e. The van der Waals surface area contributed by atoms with E-state index in [1.165, 1.54) is 12.1 Å². The summed E-state index contributed by atoms with van der Waals surface area (Å²) in [6.07, 6.45) is -5.11. The number of aliphatic hydroxyl groups is 4. The van der Waals surface area contributed by atoms with Crippen molar-refractivity contribution in [2.45, 2.75) is 31.2 Å². The molecule has 8 heteroatoms. The van der Waals surface area contributed by atoms with Gasteiger partial charge in [-0.3, -0.25) is 9.59 Å². The van der Waals surface area contributed by atoms with Crippen LogP contribution in [0.1, 0.15) is 17.0 Å². The highest BCUT2D eigenvalue weighted by Gasteiger charge is 2.35. The standard InChI is InChI=1S/C16H20N2O6/c1-7-4-8-2-3-9(5-10(8)18-16(7)24)12(15(17)23)14(22)13(21)11(20)6-19/h2-5,11-14,19-22H,6H2,1H3,(H2,17,23)(H,18,24)/t11-,12-,13-,14-/m1/s1/i1-1. The maximum Gasteiger partial charge on any atom is 0.251 e. The van der Waals surface area contributed by atoms with Crippen molar-refractivity contribution >= 4 is 16.8 Å². The summed E-state index contributed by atoms with van der Waals surface area (Å²) in [5, 5.41) is 39.1. The molecular formula is C16H20N2O6. The summed E-state index contributed by atoms with van der Waals surface area (Å²) in [7, 11) is 0. The van der Waals surface area contributed by atoms with E-state index in [9.17, 15) is 24.9 Å². The number of pyridine rings is 1. The Morgan fingerprint density at radius 2 is 1.88 bits per heavy atom. The lowest BCUT2D eigenvalue weighted by Gasteiger charge is -2.27. The van der Waals surface area contributed by atoms with Crippen LogP contribution in [0.25, 0.3) is 10.9 Å². The Hall–Kier alpha value is -2.26. The molecule has 0 bridgehead atoms. The highest BCUT2D eigenvalue weighted by atomic mass is 16.4. The Labute approximate surface area is 137 Å². The molecule has 1 heterocycles. The number of fused-ring (bicyclic) bond motifs is 1. The molecule has 0 saturated carbocycles. The van der Waals surface area contributed by atoms with Crippen molar-refractivity contribution in [1.82, 2.24) is 4.98 Å². The molecule has 2 aromatic rings. The number of aromatic amines is 1. The maximum atomic E-state index is 11.7. The van der Waals surface area contributed by atoms with Gasteiger partial charge < -0.3 is 31.1 Å². The van der Waals surface area contributed by atoms with Gasteiger partial charge in [-0.2, -0.15) is 0 Å². The van der Waals surface area contributed by atoms with Crippen LogP contribution in [0.5, 0.6) is 0 Å². The number of nitrogens with two attached hydrogens (primary N) is 1. The first kappa shape index (κ1) is 18.1. The van der Waals surface area contributed by atoms with Crippen LogP contribution in [-0.2, 0) is 4.79 Å². The van der Waals surface area contributed by atoms with Crippen LogP contribution in [0.15, 0.2) is 29.1 Å². The van der Waals surface area contributed by atoms with Gasteiger partial charge in [0.2, 0.25) is 5.91 Å². The van der Waals surface area contributed by atoms with Crippen molar-refractivity contribution in [3.05, 3.63) is 45.7 Å². The number of hydrogen-bond acceptors (Lipinski definition) is 6. The Morgan fingerprint density at radius 1 is 1.21 bits per heavy atom. The third-order valence-corrected chi connectivity index (χ3v) is 3.99. The minimum absolute atomic E-state index is 0.270. The predicted molar refractivity (Wildman–Crippen MR) is 86.3 cm³/mol. The number of carbonyl (C=O) groups excluding carboxylic acids is 1. The average Bonchev–Trinajstić information content (AvgIpc) is 2.54. The van der Waals surface area contributed by atoms with Gasteiger partial charge in [0.1, 0.15) is 12.2 Å². The molecule has 8 nitrogen and oxygen atoms in total. The van der Waals surface area contributed by atoms with Gasteiger partial charge in [-0.05, 0) is 30.0 Å². The molecule has 2 rings (SSSR count). The summed E-state index contributed by atoms with van der Waals surface area (Å²) >= 11 is 0. The fourth-order valence-corrected chi connectivity index (χ4v) is 2.58. The Balaban J connectivity index is 2.48. The maximum absolute atomic E-state index is 11.7. The third-order valence-electron chi connectivity index (χ3n) is 3.99. The first-order chi connectivity index (χ1) is 11.3. The molecule has 0 radical (unpaired) electrons. The zero-order valence-electron chi connectivity index (χ0n) is 13.0. The molecule has 130 valence electrons. The SMILES string of the molecule is [11CH3]c1cc2ccc([C@@H](C(N)=O)[C@@H](O)[C@H](O)[C@H](O)CO)cc2[nH]c1=O. The quantitative estimate of drug-likeness (QED) is 0.376. The van der Waals surface area contributed by atoms with E-state index < -0.39 is 36.7 Å². The van der Waals surface area contributed by atoms with E-state index in [2.05, 4.69) is 4.98 Å². The summed E-state index contributed by atoms with van der Waals surface area (Å²) in [5.41, 5.74) is 6.28. The first-order valence-electron chi connectivity index (χ1n) is 7.34. The van der Waals surface area contributed by atoms with E-state index in [1.54, 1.807) is 19.1 Å². The van der Waals surface area contributed by atoms with Gasteiger partial charge in [0.05, 0.1) is 18.6 Å². The van der Waals surface area contributed by atoms with Crippen LogP contribution in [0.2, 0.25) is 0 Å². The second kappa shape index (κ2) is 7.10. The highest BCUT2D eigenvalue weighted by molar-refractivity contribution is 5.86. The van der Waals surface area contributed by atoms with Crippen LogP contribution in [0.3, 0.4) is 0 Å². The number of rotatable bonds is 6. The Morgan fingerprint density at radius 3 is 2.46 bits per heavy atom. The monoisotopic (exact) mass is 335 g/mol. The van der Waals surface area contributed by atoms with E-state index >= 15 is 0 Å². The summed E-state index contributed by atoms with van der Waals surface area (Å²) in [4.78, 5) is 26.1. The number of aryl methyl sites for hydroxylation is 1. The lowest BCUT2D eigenvalue weighted by molar-refractivity contribution is -0.128. The van der Waals surface area contributed by atoms with Crippen LogP contribution in [0, 0.1) is 6.92 Å². The lowest BCUT2D eigenvalue weighted by atomic mass is 9.87. The summed E-state index contributed by atoms with van der Waals surface area (Å²) in [6.45, 7) is 0.878. The fraction of sp³-hybridized carbons (Fsp3) is 0.375. The minimum atomic E-state index is -1.76. The molecule has 1 aromatic heterocycles. The van der Waals surface area contributed by atoms with E-state index in [4.69, 9.17) is 10.8 Å². The Bertz CT molecular complexity index is 803. The van der Waals surface area contributed by atoms with Crippen LogP contribution >= 0.6 is 0 Å². The second-order valence-electron chi connectivity index (χ2n) is 5.74. The topological polar surface area (TPSA) is 157 Å². The summed E-state index contributed by atoms with van der Waals surface area (Å²) in [5.74, 6) is -2.24. The largest absolute Gasteiger partial charge is 0.394 e. The van der Waals surface area contributed by atoms with E-state index in [0.29, 0.717) is 11.1 Å². The van der Waals surface area contributed by atoms with Crippen LogP contribution in [0.4, 0.5) is 0 Å². The van der Waals surface area contributed by atoms with Crippen molar-refractivity contribution in [2.24, 2.45) is 5.73 Å². The number of carbonyl (C=O) groups is 1. The van der Waals surface area contributed by atoms with Gasteiger partial charge in [-0.15, -0.1) is 0 Å². The minimum Gasteiger partial charge on any atom is -0.394 e. The summed E-state index contributed by atoms with van der Waals surface area (Å²) < 4.78 is 0. The first-order valence-corrected chi connectivity index (χ1v) is 7.34. The zero-order valence-corrected chi connectivity index (χ0v) is 13.0. The third kappa shape index (κ3) is 3.46. The number of nitrogens with one attached hydrogen (secondary N) is 1. The molecule has 4 atom stereocenters. The molecule has 0 aliphatic rings. The molecule has 1 amide bonds. The van der Waals surface area contributed by atoms with Gasteiger partial charge >= 0.3 is 0 Å². The number of aromatic nitrogens is 1. The summed E-state index contributed by atoms with van der Waals surface area (Å²) in [6, 6.07) is 6.34. The fourth-order valence-electron chi connectivity index (χ4n) is 2.58. The molecule has 0 aliphatic heterocycles. The van der Waals surface area contributed by atoms with Gasteiger partial charge in [-0.25, -0.2) is 0 Å². The van der Waals surface area contributed by atoms with Gasteiger partial charge in [0.25, 0.3) is 5.56 Å². The number of amides is 1. The van der Waals surface area contributed by atoms with Gasteiger partial charge in [0.15, 0.2) is 0 Å². The van der Waals surface area contributed by atoms with Crippen LogP contribution in [-0.4, -0.2) is 56.2 Å². The molecule has 7 N–H and O–H groups in total. The van der Waals surface area contributed by atoms with Crippen LogP contribution < -0.4 is 11.3 Å². The van der Waals surface area contributed by atoms with Crippen molar-refractivity contribution < 1.29 is 25.2 Å². The molecule has 1 aromatic carbocycles. The zero-order chi connectivity index (χ0) is 18.0. The number of primary amides is 1. The van der Waals surface area contributed by atoms with Crippen molar-refractivity contribution in [2.75, 3.05) is 6.61 Å². The van der Waals surface area contributed by atoms with E-state index in [0.717, 1.165) is 5.39 Å². The average molecular weight is 335 g/mol.